The van der Waals surface area contributed by atoms with E-state index in [9.17, 15) is 19.5 Å². The minimum absolute atomic E-state index is 0.0821. The molecule has 200 valence electrons. The zero-order valence-corrected chi connectivity index (χ0v) is 21.8. The van der Waals surface area contributed by atoms with Gasteiger partial charge in [-0.1, -0.05) is 6.07 Å². The van der Waals surface area contributed by atoms with E-state index in [1.54, 1.807) is 40.0 Å². The third-order valence-electron chi connectivity index (χ3n) is 6.30. The Morgan fingerprint density at radius 2 is 1.90 bits per heavy atom. The van der Waals surface area contributed by atoms with E-state index < -0.39 is 34.5 Å². The summed E-state index contributed by atoms with van der Waals surface area (Å²) in [5.41, 5.74) is 1.44. The smallest absolute Gasteiger partial charge is 0.413 e. The number of amides is 1. The van der Waals surface area contributed by atoms with Crippen LogP contribution in [0.25, 0.3) is 16.6 Å². The molecule has 5 rings (SSSR count). The number of rotatable bonds is 4. The highest BCUT2D eigenvalue weighted by atomic mass is 19.1. The van der Waals surface area contributed by atoms with E-state index in [1.165, 1.54) is 23.0 Å². The second kappa shape index (κ2) is 9.50. The maximum atomic E-state index is 15.4. The number of pyridine rings is 3. The van der Waals surface area contributed by atoms with Crippen molar-refractivity contribution in [1.29, 1.82) is 0 Å². The third-order valence-corrected chi connectivity index (χ3v) is 6.30. The molecule has 0 fully saturated rings. The average Bonchev–Trinajstić information content (AvgIpc) is 3.27. The van der Waals surface area contributed by atoms with Crippen LogP contribution in [-0.4, -0.2) is 37.3 Å². The van der Waals surface area contributed by atoms with Gasteiger partial charge in [0.25, 0.3) is 0 Å². The molecule has 1 aliphatic heterocycles. The minimum Gasteiger partial charge on any atom is -0.477 e. The number of anilines is 2. The Balaban J connectivity index is 1.62. The van der Waals surface area contributed by atoms with Crippen molar-refractivity contribution in [2.45, 2.75) is 46.4 Å². The number of carboxylic acids is 1. The molecular weight excluding hydrogens is 505 g/mol. The van der Waals surface area contributed by atoms with Gasteiger partial charge in [-0.2, -0.15) is 0 Å². The fraction of sp³-hybridized carbons (Fsp3) is 0.250. The number of halogens is 1. The Labute approximate surface area is 222 Å². The number of benzene rings is 1. The molecule has 1 amide bonds. The van der Waals surface area contributed by atoms with Gasteiger partial charge in [0.1, 0.15) is 22.8 Å². The van der Waals surface area contributed by atoms with Crippen molar-refractivity contribution < 1.29 is 23.8 Å². The van der Waals surface area contributed by atoms with Gasteiger partial charge < -0.3 is 19.3 Å². The van der Waals surface area contributed by atoms with Crippen molar-refractivity contribution in [2.24, 2.45) is 0 Å². The molecule has 4 aromatic rings. The van der Waals surface area contributed by atoms with Crippen LogP contribution in [0.3, 0.4) is 0 Å². The van der Waals surface area contributed by atoms with Crippen LogP contribution in [0.5, 0.6) is 0 Å². The number of carbonyl (C=O) groups excluding carboxylic acids is 1. The Morgan fingerprint density at radius 1 is 1.13 bits per heavy atom. The summed E-state index contributed by atoms with van der Waals surface area (Å²) in [5, 5.41) is 12.2. The summed E-state index contributed by atoms with van der Waals surface area (Å²) < 4.78 is 22.2. The zero-order chi connectivity index (χ0) is 28.1. The van der Waals surface area contributed by atoms with E-state index >= 15 is 4.39 Å². The lowest BCUT2D eigenvalue weighted by Gasteiger charge is -2.21. The predicted octanol–water partition coefficient (Wildman–Crippen LogP) is 4.79. The van der Waals surface area contributed by atoms with Crippen LogP contribution in [0.2, 0.25) is 0 Å². The van der Waals surface area contributed by atoms with Gasteiger partial charge >= 0.3 is 12.1 Å². The number of aryl methyl sites for hydroxylation is 1. The number of ether oxygens (including phenoxy) is 1. The van der Waals surface area contributed by atoms with Crippen LogP contribution in [0.1, 0.15) is 48.0 Å². The van der Waals surface area contributed by atoms with Gasteiger partial charge in [0.15, 0.2) is 0 Å². The van der Waals surface area contributed by atoms with Gasteiger partial charge in [-0.05, 0) is 63.1 Å². The number of nitrogens with zero attached hydrogens (tertiary/aromatic N) is 4. The van der Waals surface area contributed by atoms with Crippen LogP contribution in [0, 0.1) is 12.7 Å². The first-order valence-corrected chi connectivity index (χ1v) is 12.2. The quantitative estimate of drug-likeness (QED) is 0.385. The number of hydrogen-bond donors (Lipinski definition) is 2. The lowest BCUT2D eigenvalue weighted by atomic mass is 10.1. The molecule has 3 aromatic heterocycles. The molecule has 11 heteroatoms. The number of aromatic nitrogens is 3. The SMILES string of the molecule is Cc1cc(NC(=O)OC(C)(C)C)ncc1-n1cc(C(=O)O)c(=O)c2cc(F)c(N3Cc4cccnc4C3)cc21. The van der Waals surface area contributed by atoms with Crippen LogP contribution in [-0.2, 0) is 17.8 Å². The average molecular weight is 532 g/mol. The first-order chi connectivity index (χ1) is 18.4. The fourth-order valence-corrected chi connectivity index (χ4v) is 4.58. The van der Waals surface area contributed by atoms with Crippen molar-refractivity contribution in [2.75, 3.05) is 10.2 Å². The highest BCUT2D eigenvalue weighted by Crippen LogP contribution is 2.33. The summed E-state index contributed by atoms with van der Waals surface area (Å²) in [7, 11) is 0. The highest BCUT2D eigenvalue weighted by Gasteiger charge is 2.25. The standard InChI is InChI=1S/C28H26FN5O5/c1-15-8-24(32-27(38)39-28(2,3)4)31-11-23(15)34-13-18(26(36)37)25(35)17-9-19(29)22(10-21(17)34)33-12-16-6-5-7-30-20(16)14-33/h5-11,13H,12,14H2,1-4H3,(H,36,37)(H,31,32,38). The molecule has 10 nitrogen and oxygen atoms in total. The first kappa shape index (κ1) is 25.8. The zero-order valence-electron chi connectivity index (χ0n) is 21.8. The van der Waals surface area contributed by atoms with Crippen molar-refractivity contribution in [1.82, 2.24) is 14.5 Å². The van der Waals surface area contributed by atoms with E-state index in [1.807, 2.05) is 17.0 Å². The minimum atomic E-state index is -1.44. The van der Waals surface area contributed by atoms with Crippen molar-refractivity contribution >= 4 is 34.5 Å². The molecule has 39 heavy (non-hydrogen) atoms. The van der Waals surface area contributed by atoms with E-state index in [4.69, 9.17) is 4.74 Å². The molecule has 0 saturated heterocycles. The lowest BCUT2D eigenvalue weighted by molar-refractivity contribution is 0.0633. The lowest BCUT2D eigenvalue weighted by Crippen LogP contribution is -2.27. The monoisotopic (exact) mass is 531 g/mol. The summed E-state index contributed by atoms with van der Waals surface area (Å²) in [4.78, 5) is 47.6. The molecule has 0 radical (unpaired) electrons. The molecule has 0 saturated carbocycles. The predicted molar refractivity (Wildman–Crippen MR) is 143 cm³/mol. The number of nitrogens with one attached hydrogen (secondary N) is 1. The number of carbonyl (C=O) groups is 2. The van der Waals surface area contributed by atoms with Crippen LogP contribution in [0.15, 0.2) is 53.7 Å². The maximum Gasteiger partial charge on any atom is 0.413 e. The second-order valence-electron chi connectivity index (χ2n) is 10.3. The van der Waals surface area contributed by atoms with Gasteiger partial charge in [0, 0.05) is 24.3 Å². The summed E-state index contributed by atoms with van der Waals surface area (Å²) in [6.07, 6.45) is 3.66. The van der Waals surface area contributed by atoms with Crippen molar-refractivity contribution in [3.8, 4) is 5.69 Å². The number of hydrogen-bond acceptors (Lipinski definition) is 7. The van der Waals surface area contributed by atoms with Gasteiger partial charge in [0.2, 0.25) is 5.43 Å². The molecule has 1 aromatic carbocycles. The molecule has 1 aliphatic rings. The number of carboxylic acid groups (broad SMARTS) is 1. The molecule has 0 spiro atoms. The highest BCUT2D eigenvalue weighted by molar-refractivity contribution is 5.94. The van der Waals surface area contributed by atoms with Gasteiger partial charge in [-0.15, -0.1) is 0 Å². The van der Waals surface area contributed by atoms with E-state index in [-0.39, 0.29) is 16.9 Å². The third kappa shape index (κ3) is 5.02. The topological polar surface area (TPSA) is 127 Å². The van der Waals surface area contributed by atoms with Crippen LogP contribution >= 0.6 is 0 Å². The Kier molecular flexibility index (Phi) is 6.29. The summed E-state index contributed by atoms with van der Waals surface area (Å²) in [6, 6.07) is 7.96. The fourth-order valence-electron chi connectivity index (χ4n) is 4.58. The Bertz CT molecular complexity index is 1680. The molecule has 0 bridgehead atoms. The molecule has 0 aliphatic carbocycles. The van der Waals surface area contributed by atoms with Crippen molar-refractivity contribution in [3.63, 3.8) is 0 Å². The largest absolute Gasteiger partial charge is 0.477 e. The van der Waals surface area contributed by atoms with E-state index in [0.717, 1.165) is 17.3 Å². The summed E-state index contributed by atoms with van der Waals surface area (Å²) in [6.45, 7) is 7.80. The van der Waals surface area contributed by atoms with Crippen LogP contribution in [0.4, 0.5) is 20.7 Å². The molecular formula is C28H26FN5O5. The normalized spacial score (nSPS) is 12.9. The Hall–Kier alpha value is -4.80. The van der Waals surface area contributed by atoms with Crippen molar-refractivity contribution in [3.05, 3.63) is 87.3 Å². The van der Waals surface area contributed by atoms with Gasteiger partial charge in [-0.3, -0.25) is 15.1 Å². The van der Waals surface area contributed by atoms with Gasteiger partial charge in [0.05, 0.1) is 35.3 Å². The summed E-state index contributed by atoms with van der Waals surface area (Å²) in [5.74, 6) is -1.85. The maximum absolute atomic E-state index is 15.4. The Morgan fingerprint density at radius 3 is 2.56 bits per heavy atom. The van der Waals surface area contributed by atoms with E-state index in [2.05, 4.69) is 15.3 Å². The van der Waals surface area contributed by atoms with Crippen LogP contribution < -0.4 is 15.6 Å². The van der Waals surface area contributed by atoms with Gasteiger partial charge in [-0.25, -0.2) is 19.0 Å². The molecule has 0 atom stereocenters. The van der Waals surface area contributed by atoms with E-state index in [0.29, 0.717) is 29.9 Å². The number of aromatic carboxylic acids is 1. The summed E-state index contributed by atoms with van der Waals surface area (Å²) >= 11 is 0. The molecule has 0 unspecified atom stereocenters. The first-order valence-electron chi connectivity index (χ1n) is 12.2. The molecule has 2 N–H and O–H groups in total. The second-order valence-corrected chi connectivity index (χ2v) is 10.3. The number of fused-ring (bicyclic) bond motifs is 2. The molecule has 4 heterocycles.